The number of nitrogens with one attached hydrogen (secondary N) is 1. The molecular formula is C20H23N7O2. The van der Waals surface area contributed by atoms with Gasteiger partial charge < -0.3 is 21.4 Å². The average Bonchev–Trinajstić information content (AvgIpc) is 3.33. The van der Waals surface area contributed by atoms with Crippen LogP contribution >= 0.6 is 0 Å². The molecule has 0 saturated carbocycles. The monoisotopic (exact) mass is 393 g/mol. The zero-order chi connectivity index (χ0) is 20.4. The molecule has 0 fully saturated rings. The third kappa shape index (κ3) is 3.52. The van der Waals surface area contributed by atoms with Gasteiger partial charge in [-0.05, 0) is 41.9 Å². The van der Waals surface area contributed by atoms with Gasteiger partial charge in [-0.3, -0.25) is 4.79 Å². The summed E-state index contributed by atoms with van der Waals surface area (Å²) in [6, 6.07) is 7.64. The van der Waals surface area contributed by atoms with Gasteiger partial charge in [-0.25, -0.2) is 9.61 Å². The molecule has 9 nitrogen and oxygen atoms in total. The number of hydrogen-bond acceptors (Lipinski definition) is 8. The van der Waals surface area contributed by atoms with Crippen molar-refractivity contribution in [3.63, 3.8) is 0 Å². The van der Waals surface area contributed by atoms with E-state index in [1.54, 1.807) is 6.08 Å². The van der Waals surface area contributed by atoms with Gasteiger partial charge in [0.05, 0.1) is 17.6 Å². The number of rotatable bonds is 7. The number of nitrogens with two attached hydrogens (primary N) is 2. The highest BCUT2D eigenvalue weighted by Crippen LogP contribution is 2.33. The van der Waals surface area contributed by atoms with E-state index in [1.807, 2.05) is 47.9 Å². The van der Waals surface area contributed by atoms with Gasteiger partial charge in [0.2, 0.25) is 5.82 Å². The largest absolute Gasteiger partial charge is 0.399 e. The number of anilines is 1. The second-order valence-corrected chi connectivity index (χ2v) is 7.27. The predicted octanol–water partition coefficient (Wildman–Crippen LogP) is 1.83. The van der Waals surface area contributed by atoms with Crippen LogP contribution in [0.25, 0.3) is 22.6 Å². The van der Waals surface area contributed by atoms with Crippen molar-refractivity contribution < 1.29 is 9.42 Å². The van der Waals surface area contributed by atoms with Gasteiger partial charge in [0.1, 0.15) is 0 Å². The van der Waals surface area contributed by atoms with Crippen LogP contribution in [0.2, 0.25) is 0 Å². The van der Waals surface area contributed by atoms with Crippen molar-refractivity contribution in [1.82, 2.24) is 19.9 Å². The quantitative estimate of drug-likeness (QED) is 0.553. The summed E-state index contributed by atoms with van der Waals surface area (Å²) in [6.45, 7) is 2.99. The highest BCUT2D eigenvalue weighted by atomic mass is 16.6. The van der Waals surface area contributed by atoms with E-state index in [0.29, 0.717) is 42.5 Å². The summed E-state index contributed by atoms with van der Waals surface area (Å²) in [6.07, 6.45) is 6.09. The molecule has 1 aliphatic carbocycles. The molecule has 1 aromatic carbocycles. The summed E-state index contributed by atoms with van der Waals surface area (Å²) in [7, 11) is 0. The predicted molar refractivity (Wildman–Crippen MR) is 110 cm³/mol. The number of Topliss-reactive ketones (excluding diaryl/α,β-unsaturated/α-hetero) is 1. The first kappa shape index (κ1) is 18.9. The highest BCUT2D eigenvalue weighted by molar-refractivity contribution is 5.90. The van der Waals surface area contributed by atoms with Gasteiger partial charge in [-0.2, -0.15) is 0 Å². The lowest BCUT2D eigenvalue weighted by Crippen LogP contribution is -2.30. The van der Waals surface area contributed by atoms with E-state index in [9.17, 15) is 4.79 Å². The second-order valence-electron chi connectivity index (χ2n) is 7.27. The first-order valence-electron chi connectivity index (χ1n) is 9.42. The Morgan fingerprint density at radius 2 is 2.17 bits per heavy atom. The number of benzene rings is 1. The van der Waals surface area contributed by atoms with Crippen molar-refractivity contribution >= 4 is 22.6 Å². The van der Waals surface area contributed by atoms with E-state index in [-0.39, 0.29) is 12.3 Å². The molecule has 150 valence electrons. The molecule has 4 rings (SSSR count). The van der Waals surface area contributed by atoms with Crippen LogP contribution in [-0.4, -0.2) is 38.7 Å². The van der Waals surface area contributed by atoms with Crippen molar-refractivity contribution in [2.24, 2.45) is 16.9 Å². The molecule has 29 heavy (non-hydrogen) atoms. The normalized spacial score (nSPS) is 18.8. The molecule has 0 radical (unpaired) electrons. The lowest BCUT2D eigenvalue weighted by atomic mass is 9.79. The fraction of sp³-hybridized carbons (Fsp3) is 0.300. The molecule has 2 heterocycles. The number of imidazole rings is 1. The number of hydrogen-bond donors (Lipinski definition) is 3. The molecule has 0 spiro atoms. The number of aromatic nitrogens is 4. The van der Waals surface area contributed by atoms with Gasteiger partial charge in [-0.15, -0.1) is 0 Å². The molecule has 5 N–H and O–H groups in total. The van der Waals surface area contributed by atoms with Crippen LogP contribution in [0.15, 0.2) is 52.8 Å². The van der Waals surface area contributed by atoms with Crippen molar-refractivity contribution in [3.05, 3.63) is 48.2 Å². The topological polar surface area (TPSA) is 138 Å². The van der Waals surface area contributed by atoms with Crippen LogP contribution < -0.4 is 16.8 Å². The van der Waals surface area contributed by atoms with Gasteiger partial charge >= 0.3 is 0 Å². The molecule has 1 unspecified atom stereocenters. The average molecular weight is 393 g/mol. The van der Waals surface area contributed by atoms with Crippen LogP contribution in [0.3, 0.4) is 0 Å². The SMILES string of the molecule is CC1(C(=O)Cn2c(-c3nonc3NCCN)nc3ccccc32)C=CC(N)=CC1. The number of para-hydroxylation sites is 2. The van der Waals surface area contributed by atoms with Crippen molar-refractivity contribution in [3.8, 4) is 11.5 Å². The molecule has 3 aromatic rings. The minimum Gasteiger partial charge on any atom is -0.399 e. The van der Waals surface area contributed by atoms with E-state index in [1.165, 1.54) is 0 Å². The Labute approximate surface area is 167 Å². The molecule has 1 atom stereocenters. The second kappa shape index (κ2) is 7.51. The molecule has 0 amide bonds. The summed E-state index contributed by atoms with van der Waals surface area (Å²) in [5.41, 5.74) is 13.5. The summed E-state index contributed by atoms with van der Waals surface area (Å²) in [5.74, 6) is 1.01. The van der Waals surface area contributed by atoms with Crippen LogP contribution in [-0.2, 0) is 11.3 Å². The third-order valence-corrected chi connectivity index (χ3v) is 5.14. The van der Waals surface area contributed by atoms with Crippen molar-refractivity contribution in [2.75, 3.05) is 18.4 Å². The smallest absolute Gasteiger partial charge is 0.202 e. The molecule has 0 aliphatic heterocycles. The number of carbonyl (C=O) groups is 1. The number of allylic oxidation sites excluding steroid dienone is 3. The molecule has 1 aliphatic rings. The molecule has 0 saturated heterocycles. The molecule has 9 heteroatoms. The molecular weight excluding hydrogens is 370 g/mol. The Balaban J connectivity index is 1.74. The van der Waals surface area contributed by atoms with Crippen LogP contribution in [0, 0.1) is 5.41 Å². The van der Waals surface area contributed by atoms with Gasteiger partial charge in [0.25, 0.3) is 0 Å². The third-order valence-electron chi connectivity index (χ3n) is 5.14. The highest BCUT2D eigenvalue weighted by Gasteiger charge is 2.32. The van der Waals surface area contributed by atoms with E-state index in [2.05, 4.69) is 20.6 Å². The zero-order valence-electron chi connectivity index (χ0n) is 16.1. The van der Waals surface area contributed by atoms with Gasteiger partial charge in [-0.1, -0.05) is 24.3 Å². The number of fused-ring (bicyclic) bond motifs is 1. The first-order valence-corrected chi connectivity index (χ1v) is 9.42. The zero-order valence-corrected chi connectivity index (χ0v) is 16.1. The van der Waals surface area contributed by atoms with E-state index < -0.39 is 5.41 Å². The maximum Gasteiger partial charge on any atom is 0.202 e. The molecule has 0 bridgehead atoms. The van der Waals surface area contributed by atoms with Gasteiger partial charge in [0, 0.05) is 24.2 Å². The fourth-order valence-electron chi connectivity index (χ4n) is 3.34. The maximum atomic E-state index is 13.3. The molecule has 2 aromatic heterocycles. The Bertz CT molecular complexity index is 1110. The van der Waals surface area contributed by atoms with Gasteiger partial charge in [0.15, 0.2) is 17.3 Å². The summed E-state index contributed by atoms with van der Waals surface area (Å²) in [4.78, 5) is 17.9. The fourth-order valence-corrected chi connectivity index (χ4v) is 3.34. The van der Waals surface area contributed by atoms with Crippen molar-refractivity contribution in [1.29, 1.82) is 0 Å². The van der Waals surface area contributed by atoms with E-state index in [0.717, 1.165) is 11.0 Å². The lowest BCUT2D eigenvalue weighted by Gasteiger charge is -2.26. The van der Waals surface area contributed by atoms with E-state index >= 15 is 0 Å². The lowest BCUT2D eigenvalue weighted by molar-refractivity contribution is -0.126. The van der Waals surface area contributed by atoms with Crippen molar-refractivity contribution in [2.45, 2.75) is 19.9 Å². The van der Waals surface area contributed by atoms with Crippen LogP contribution in [0.5, 0.6) is 0 Å². The number of carbonyl (C=O) groups excluding carboxylic acids is 1. The number of nitrogens with zero attached hydrogens (tertiary/aromatic N) is 4. The summed E-state index contributed by atoms with van der Waals surface area (Å²) < 4.78 is 6.78. The Hall–Kier alpha value is -3.46. The first-order chi connectivity index (χ1) is 14.0. The Kier molecular flexibility index (Phi) is 4.89. The summed E-state index contributed by atoms with van der Waals surface area (Å²) in [5, 5.41) is 11.0. The minimum absolute atomic E-state index is 0.0508. The Morgan fingerprint density at radius 1 is 1.34 bits per heavy atom. The maximum absolute atomic E-state index is 13.3. The van der Waals surface area contributed by atoms with E-state index in [4.69, 9.17) is 16.1 Å². The minimum atomic E-state index is -0.631. The number of ketones is 1. The summed E-state index contributed by atoms with van der Waals surface area (Å²) >= 11 is 0. The van der Waals surface area contributed by atoms with Crippen LogP contribution in [0.4, 0.5) is 5.82 Å². The van der Waals surface area contributed by atoms with Crippen LogP contribution in [0.1, 0.15) is 13.3 Å². The standard InChI is InChI=1S/C20H23N7O2/c1-20(8-6-13(22)7-9-20)16(28)12-27-15-5-3-2-4-14(15)24-19(27)17-18(23-11-10-21)26-29-25-17/h2-8H,9-12,21-22H2,1H3,(H,23,26). The Morgan fingerprint density at radius 3 is 2.93 bits per heavy atom.